The molecule has 0 atom stereocenters. The molecular weight excluding hydrogens is 184 g/mol. The van der Waals surface area contributed by atoms with E-state index >= 15 is 0 Å². The largest absolute Gasteiger partial charge is 0.500 e. The summed E-state index contributed by atoms with van der Waals surface area (Å²) in [6.45, 7) is 5.60. The van der Waals surface area contributed by atoms with Crippen molar-refractivity contribution >= 4 is 11.8 Å². The van der Waals surface area contributed by atoms with Gasteiger partial charge >= 0.3 is 5.97 Å². The number of rotatable bonds is 5. The molecule has 0 radical (unpaired) electrons. The third-order valence-corrected chi connectivity index (χ3v) is 1.56. The summed E-state index contributed by atoms with van der Waals surface area (Å²) in [5.41, 5.74) is -0.0376. The van der Waals surface area contributed by atoms with Crippen molar-refractivity contribution in [2.75, 3.05) is 13.7 Å². The smallest absolute Gasteiger partial charge is 0.344 e. The molecule has 0 unspecified atom stereocenters. The summed E-state index contributed by atoms with van der Waals surface area (Å²) >= 11 is 0. The minimum Gasteiger partial charge on any atom is -0.500 e. The molecule has 0 N–H and O–H groups in total. The molecule has 0 rings (SSSR count). The Morgan fingerprint density at radius 2 is 1.93 bits per heavy atom. The number of hydrogen-bond acceptors (Lipinski definition) is 4. The number of methoxy groups -OCH3 is 1. The monoisotopic (exact) mass is 200 g/mol. The van der Waals surface area contributed by atoms with Crippen molar-refractivity contribution in [1.82, 2.24) is 0 Å². The maximum atomic E-state index is 11.5. The first-order chi connectivity index (χ1) is 6.54. The van der Waals surface area contributed by atoms with Crippen LogP contribution in [-0.4, -0.2) is 25.5 Å². The summed E-state index contributed by atoms with van der Waals surface area (Å²) in [5, 5.41) is 0. The molecule has 0 saturated carbocycles. The average Bonchev–Trinajstić information content (AvgIpc) is 2.17. The number of hydrogen-bond donors (Lipinski definition) is 0. The Hall–Kier alpha value is -1.32. The molecule has 0 aromatic carbocycles. The van der Waals surface area contributed by atoms with Crippen molar-refractivity contribution in [3.8, 4) is 0 Å². The van der Waals surface area contributed by atoms with Gasteiger partial charge in [0.25, 0.3) is 0 Å². The Morgan fingerprint density at radius 1 is 1.36 bits per heavy atom. The standard InChI is InChI=1S/C10H16O4/c1-5-14-6-8(10(12)13-4)9(11)7(2)3/h6-7H,5H2,1-4H3. The van der Waals surface area contributed by atoms with Crippen LogP contribution >= 0.6 is 0 Å². The summed E-state index contributed by atoms with van der Waals surface area (Å²) < 4.78 is 9.38. The van der Waals surface area contributed by atoms with E-state index in [0.29, 0.717) is 6.61 Å². The fourth-order valence-electron chi connectivity index (χ4n) is 0.794. The highest BCUT2D eigenvalue weighted by Crippen LogP contribution is 2.08. The zero-order valence-corrected chi connectivity index (χ0v) is 8.99. The van der Waals surface area contributed by atoms with Crippen LogP contribution in [-0.2, 0) is 19.1 Å². The molecule has 0 bridgehead atoms. The normalized spacial score (nSPS) is 11.4. The van der Waals surface area contributed by atoms with E-state index in [1.807, 2.05) is 0 Å². The number of carbonyl (C=O) groups is 2. The summed E-state index contributed by atoms with van der Waals surface area (Å²) in [7, 11) is 1.23. The lowest BCUT2D eigenvalue weighted by Crippen LogP contribution is -2.19. The van der Waals surface area contributed by atoms with Crippen LogP contribution in [0.4, 0.5) is 0 Å². The summed E-state index contributed by atoms with van der Waals surface area (Å²) in [5.74, 6) is -1.18. The lowest BCUT2D eigenvalue weighted by molar-refractivity contribution is -0.138. The molecule has 80 valence electrons. The zero-order chi connectivity index (χ0) is 11.1. The van der Waals surface area contributed by atoms with Crippen molar-refractivity contribution in [2.24, 2.45) is 5.92 Å². The molecule has 0 heterocycles. The van der Waals surface area contributed by atoms with Gasteiger partial charge in [-0.15, -0.1) is 0 Å². The Morgan fingerprint density at radius 3 is 2.29 bits per heavy atom. The van der Waals surface area contributed by atoms with E-state index < -0.39 is 5.97 Å². The van der Waals surface area contributed by atoms with Crippen molar-refractivity contribution in [3.63, 3.8) is 0 Å². The van der Waals surface area contributed by atoms with Crippen LogP contribution in [0.25, 0.3) is 0 Å². The molecule has 14 heavy (non-hydrogen) atoms. The summed E-state index contributed by atoms with van der Waals surface area (Å²) in [6.07, 6.45) is 1.16. The zero-order valence-electron chi connectivity index (χ0n) is 8.99. The number of carbonyl (C=O) groups excluding carboxylic acids is 2. The van der Waals surface area contributed by atoms with Crippen molar-refractivity contribution in [3.05, 3.63) is 11.8 Å². The molecule has 0 saturated heterocycles. The van der Waals surface area contributed by atoms with Gasteiger partial charge in [-0.2, -0.15) is 0 Å². The molecule has 0 aliphatic rings. The van der Waals surface area contributed by atoms with Gasteiger partial charge in [-0.3, -0.25) is 4.79 Å². The minimum atomic E-state index is -0.655. The molecule has 4 nitrogen and oxygen atoms in total. The molecular formula is C10H16O4. The third-order valence-electron chi connectivity index (χ3n) is 1.56. The van der Waals surface area contributed by atoms with Gasteiger partial charge < -0.3 is 9.47 Å². The van der Waals surface area contributed by atoms with Crippen LogP contribution < -0.4 is 0 Å². The van der Waals surface area contributed by atoms with Crippen molar-refractivity contribution < 1.29 is 19.1 Å². The minimum absolute atomic E-state index is 0.0376. The Bertz CT molecular complexity index is 241. The van der Waals surface area contributed by atoms with Crippen LogP contribution in [0.2, 0.25) is 0 Å². The van der Waals surface area contributed by atoms with E-state index in [1.165, 1.54) is 7.11 Å². The average molecular weight is 200 g/mol. The fraction of sp³-hybridized carbons (Fsp3) is 0.600. The Balaban J connectivity index is 4.72. The van der Waals surface area contributed by atoms with E-state index in [9.17, 15) is 9.59 Å². The lowest BCUT2D eigenvalue weighted by atomic mass is 10.0. The van der Waals surface area contributed by atoms with Gasteiger partial charge in [0.1, 0.15) is 11.8 Å². The maximum Gasteiger partial charge on any atom is 0.344 e. The highest BCUT2D eigenvalue weighted by molar-refractivity contribution is 6.17. The highest BCUT2D eigenvalue weighted by atomic mass is 16.5. The van der Waals surface area contributed by atoms with Gasteiger partial charge in [0.2, 0.25) is 0 Å². The Kier molecular flexibility index (Phi) is 5.60. The molecule has 0 aromatic rings. The second-order valence-corrected chi connectivity index (χ2v) is 3.00. The van der Waals surface area contributed by atoms with E-state index in [-0.39, 0.29) is 17.3 Å². The van der Waals surface area contributed by atoms with Crippen LogP contribution in [0.15, 0.2) is 11.8 Å². The molecule has 0 spiro atoms. The number of ketones is 1. The molecule has 0 aliphatic carbocycles. The van der Waals surface area contributed by atoms with Crippen LogP contribution in [0, 0.1) is 5.92 Å². The van der Waals surface area contributed by atoms with E-state index in [0.717, 1.165) is 6.26 Å². The third kappa shape index (κ3) is 3.60. The first-order valence-electron chi connectivity index (χ1n) is 4.48. The van der Waals surface area contributed by atoms with Gasteiger partial charge in [0.15, 0.2) is 5.78 Å². The molecule has 0 aromatic heterocycles. The van der Waals surface area contributed by atoms with Gasteiger partial charge in [0.05, 0.1) is 13.7 Å². The predicted octanol–water partition coefficient (Wildman–Crippen LogP) is 1.30. The van der Waals surface area contributed by atoms with Gasteiger partial charge in [-0.05, 0) is 6.92 Å². The quantitative estimate of drug-likeness (QED) is 0.221. The number of Topliss-reactive ketones (excluding diaryl/α,β-unsaturated/α-hetero) is 1. The second kappa shape index (κ2) is 6.18. The van der Waals surface area contributed by atoms with Gasteiger partial charge in [0, 0.05) is 5.92 Å². The molecule has 0 aliphatic heterocycles. The van der Waals surface area contributed by atoms with Crippen LogP contribution in [0.1, 0.15) is 20.8 Å². The molecule has 4 heteroatoms. The second-order valence-electron chi connectivity index (χ2n) is 3.00. The van der Waals surface area contributed by atoms with Gasteiger partial charge in [-0.1, -0.05) is 13.8 Å². The van der Waals surface area contributed by atoms with Crippen LogP contribution in [0.3, 0.4) is 0 Å². The Labute approximate surface area is 83.9 Å². The van der Waals surface area contributed by atoms with E-state index in [1.54, 1.807) is 20.8 Å². The first-order valence-corrected chi connectivity index (χ1v) is 4.48. The fourth-order valence-corrected chi connectivity index (χ4v) is 0.794. The molecule has 0 fully saturated rings. The van der Waals surface area contributed by atoms with Crippen molar-refractivity contribution in [1.29, 1.82) is 0 Å². The SMILES string of the molecule is CCOC=C(C(=O)OC)C(=O)C(C)C. The van der Waals surface area contributed by atoms with E-state index in [2.05, 4.69) is 4.74 Å². The number of esters is 1. The van der Waals surface area contributed by atoms with E-state index in [4.69, 9.17) is 4.74 Å². The molecule has 0 amide bonds. The predicted molar refractivity (Wildman–Crippen MR) is 51.6 cm³/mol. The van der Waals surface area contributed by atoms with Gasteiger partial charge in [-0.25, -0.2) is 4.79 Å². The lowest BCUT2D eigenvalue weighted by Gasteiger charge is -2.06. The number of ether oxygens (including phenoxy) is 2. The topological polar surface area (TPSA) is 52.6 Å². The summed E-state index contributed by atoms with van der Waals surface area (Å²) in [6, 6.07) is 0. The van der Waals surface area contributed by atoms with Crippen molar-refractivity contribution in [2.45, 2.75) is 20.8 Å². The summed E-state index contributed by atoms with van der Waals surface area (Å²) in [4.78, 5) is 22.7. The van der Waals surface area contributed by atoms with Crippen LogP contribution in [0.5, 0.6) is 0 Å². The highest BCUT2D eigenvalue weighted by Gasteiger charge is 2.21. The first kappa shape index (κ1) is 12.7. The maximum absolute atomic E-state index is 11.5.